The van der Waals surface area contributed by atoms with Gasteiger partial charge < -0.3 is 9.88 Å². The van der Waals surface area contributed by atoms with Crippen molar-refractivity contribution in [1.29, 1.82) is 0 Å². The van der Waals surface area contributed by atoms with Crippen LogP contribution in [0.4, 0.5) is 0 Å². The molecule has 6 heteroatoms. The minimum Gasteiger partial charge on any atom is -0.364 e. The third-order valence-corrected chi connectivity index (χ3v) is 3.59. The van der Waals surface area contributed by atoms with Crippen molar-refractivity contribution in [2.75, 3.05) is 7.05 Å². The van der Waals surface area contributed by atoms with E-state index in [-0.39, 0.29) is 16.9 Å². The molecule has 0 aliphatic heterocycles. The fourth-order valence-electron chi connectivity index (χ4n) is 1.73. The van der Waals surface area contributed by atoms with E-state index in [1.165, 1.54) is 17.2 Å². The first-order valence-corrected chi connectivity index (χ1v) is 6.65. The summed E-state index contributed by atoms with van der Waals surface area (Å²) in [4.78, 5) is 33.5. The molecule has 0 atom stereocenters. The normalized spacial score (nSPS) is 10.5. The first kappa shape index (κ1) is 13.5. The van der Waals surface area contributed by atoms with Crippen LogP contribution >= 0.6 is 11.3 Å². The number of pyridine rings is 1. The first-order valence-electron chi connectivity index (χ1n) is 5.83. The minimum absolute atomic E-state index is 0.161. The molecule has 0 fully saturated rings. The second kappa shape index (κ2) is 5.36. The molecule has 2 rings (SSSR count). The zero-order valence-corrected chi connectivity index (χ0v) is 11.9. The quantitative estimate of drug-likeness (QED) is 0.929. The molecule has 0 saturated carbocycles. The van der Waals surface area contributed by atoms with Crippen molar-refractivity contribution in [1.82, 2.24) is 14.9 Å². The Labute approximate surface area is 114 Å². The maximum Gasteiger partial charge on any atom is 0.259 e. The molecule has 5 nitrogen and oxygen atoms in total. The summed E-state index contributed by atoms with van der Waals surface area (Å²) in [5.74, 6) is -0.285. The van der Waals surface area contributed by atoms with Crippen molar-refractivity contribution in [2.24, 2.45) is 0 Å². The predicted octanol–water partition coefficient (Wildman–Crippen LogP) is 1.72. The topological polar surface area (TPSA) is 66.1 Å². The molecule has 0 aliphatic carbocycles. The largest absolute Gasteiger partial charge is 0.364 e. The number of carbonyl (C=O) groups is 1. The Morgan fingerprint density at radius 2 is 2.21 bits per heavy atom. The molecule has 2 heterocycles. The Morgan fingerprint density at radius 1 is 1.47 bits per heavy atom. The highest BCUT2D eigenvalue weighted by Gasteiger charge is 2.16. The van der Waals surface area contributed by atoms with E-state index in [1.54, 1.807) is 31.5 Å². The second-order valence-corrected chi connectivity index (χ2v) is 5.72. The number of hydrogen-bond donors (Lipinski definition) is 1. The molecule has 0 spiro atoms. The van der Waals surface area contributed by atoms with Gasteiger partial charge >= 0.3 is 0 Å². The van der Waals surface area contributed by atoms with Crippen molar-refractivity contribution in [3.8, 4) is 0 Å². The van der Waals surface area contributed by atoms with Crippen LogP contribution in [0.15, 0.2) is 23.3 Å². The van der Waals surface area contributed by atoms with E-state index in [4.69, 9.17) is 0 Å². The van der Waals surface area contributed by atoms with Crippen LogP contribution in [-0.4, -0.2) is 27.8 Å². The summed E-state index contributed by atoms with van der Waals surface area (Å²) in [5.41, 5.74) is 0.644. The Bertz CT molecular complexity index is 660. The van der Waals surface area contributed by atoms with E-state index in [1.807, 2.05) is 6.92 Å². The molecule has 100 valence electrons. The molecule has 0 radical (unpaired) electrons. The highest BCUT2D eigenvalue weighted by Crippen LogP contribution is 2.14. The number of aromatic amines is 1. The van der Waals surface area contributed by atoms with Gasteiger partial charge in [-0.05, 0) is 13.8 Å². The van der Waals surface area contributed by atoms with Gasteiger partial charge in [-0.25, -0.2) is 4.98 Å². The van der Waals surface area contributed by atoms with E-state index in [9.17, 15) is 9.59 Å². The summed E-state index contributed by atoms with van der Waals surface area (Å²) in [6.07, 6.45) is 3.22. The zero-order valence-electron chi connectivity index (χ0n) is 11.1. The molecule has 1 amide bonds. The maximum absolute atomic E-state index is 12.2. The van der Waals surface area contributed by atoms with Crippen molar-refractivity contribution in [3.63, 3.8) is 0 Å². The van der Waals surface area contributed by atoms with Gasteiger partial charge in [0.15, 0.2) is 5.43 Å². The maximum atomic E-state index is 12.2. The van der Waals surface area contributed by atoms with Crippen molar-refractivity contribution in [3.05, 3.63) is 49.8 Å². The highest BCUT2D eigenvalue weighted by molar-refractivity contribution is 7.11. The lowest BCUT2D eigenvalue weighted by molar-refractivity contribution is 0.0784. The summed E-state index contributed by atoms with van der Waals surface area (Å²) in [7, 11) is 1.68. The molecule has 0 bridgehead atoms. The average Bonchev–Trinajstić information content (AvgIpc) is 2.74. The van der Waals surface area contributed by atoms with Gasteiger partial charge in [0.2, 0.25) is 0 Å². The van der Waals surface area contributed by atoms with E-state index in [0.717, 1.165) is 15.6 Å². The average molecular weight is 277 g/mol. The molecular weight excluding hydrogens is 262 g/mol. The van der Waals surface area contributed by atoms with E-state index in [2.05, 4.69) is 9.97 Å². The summed E-state index contributed by atoms with van der Waals surface area (Å²) in [6.45, 7) is 4.15. The molecule has 0 unspecified atom stereocenters. The van der Waals surface area contributed by atoms with Crippen LogP contribution in [0.1, 0.15) is 25.9 Å². The first-order chi connectivity index (χ1) is 8.97. The third kappa shape index (κ3) is 3.08. The third-order valence-electron chi connectivity index (χ3n) is 2.70. The molecule has 0 aliphatic rings. The van der Waals surface area contributed by atoms with Crippen molar-refractivity contribution >= 4 is 17.2 Å². The van der Waals surface area contributed by atoms with E-state index in [0.29, 0.717) is 6.54 Å². The number of aryl methyl sites for hydroxylation is 2. The summed E-state index contributed by atoms with van der Waals surface area (Å²) >= 11 is 1.54. The van der Waals surface area contributed by atoms with E-state index >= 15 is 0 Å². The number of rotatable bonds is 3. The molecule has 0 saturated heterocycles. The minimum atomic E-state index is -0.285. The molecule has 2 aromatic heterocycles. The van der Waals surface area contributed by atoms with Crippen LogP contribution in [-0.2, 0) is 6.54 Å². The SMILES string of the molecule is Cc1cc(=O)c(C(=O)N(C)Cc2cnc(C)s2)c[nH]1. The van der Waals surface area contributed by atoms with Gasteiger partial charge in [-0.3, -0.25) is 9.59 Å². The molecule has 1 N–H and O–H groups in total. The summed E-state index contributed by atoms with van der Waals surface area (Å²) in [5, 5.41) is 0.962. The van der Waals surface area contributed by atoms with Gasteiger partial charge in [-0.1, -0.05) is 0 Å². The monoisotopic (exact) mass is 277 g/mol. The number of H-pyrrole nitrogens is 1. The number of hydrogen-bond acceptors (Lipinski definition) is 4. The Morgan fingerprint density at radius 3 is 2.79 bits per heavy atom. The van der Waals surface area contributed by atoms with Gasteiger partial charge in [0.1, 0.15) is 5.56 Å². The number of thiazole rings is 1. The van der Waals surface area contributed by atoms with Gasteiger partial charge in [0.25, 0.3) is 5.91 Å². The number of amides is 1. The number of carbonyl (C=O) groups excluding carboxylic acids is 1. The van der Waals surface area contributed by atoms with Gasteiger partial charge in [-0.2, -0.15) is 0 Å². The lowest BCUT2D eigenvalue weighted by Gasteiger charge is -2.15. The highest BCUT2D eigenvalue weighted by atomic mass is 32.1. The number of nitrogens with one attached hydrogen (secondary N) is 1. The smallest absolute Gasteiger partial charge is 0.259 e. The lowest BCUT2D eigenvalue weighted by Crippen LogP contribution is -2.30. The van der Waals surface area contributed by atoms with E-state index < -0.39 is 0 Å². The van der Waals surface area contributed by atoms with Crippen LogP contribution in [0, 0.1) is 13.8 Å². The molecule has 19 heavy (non-hydrogen) atoms. The fourth-order valence-corrected chi connectivity index (χ4v) is 2.58. The van der Waals surface area contributed by atoms with Gasteiger partial charge in [0.05, 0.1) is 11.6 Å². The Kier molecular flexibility index (Phi) is 3.80. The fraction of sp³-hybridized carbons (Fsp3) is 0.308. The van der Waals surface area contributed by atoms with Crippen LogP contribution in [0.2, 0.25) is 0 Å². The Hall–Kier alpha value is -1.95. The second-order valence-electron chi connectivity index (χ2n) is 4.40. The standard InChI is InChI=1S/C13H15N3O2S/c1-8-4-12(17)11(6-14-8)13(18)16(3)7-10-5-15-9(2)19-10/h4-6H,7H2,1-3H3,(H,14,17). The van der Waals surface area contributed by atoms with Crippen LogP contribution in [0.5, 0.6) is 0 Å². The van der Waals surface area contributed by atoms with Crippen molar-refractivity contribution < 1.29 is 4.79 Å². The van der Waals surface area contributed by atoms with Crippen LogP contribution in [0.25, 0.3) is 0 Å². The van der Waals surface area contributed by atoms with Crippen molar-refractivity contribution in [2.45, 2.75) is 20.4 Å². The lowest BCUT2D eigenvalue weighted by atomic mass is 10.2. The number of aromatic nitrogens is 2. The van der Waals surface area contributed by atoms with Gasteiger partial charge in [-0.15, -0.1) is 11.3 Å². The van der Waals surface area contributed by atoms with Gasteiger partial charge in [0, 0.05) is 36.1 Å². The molecule has 0 aromatic carbocycles. The summed E-state index contributed by atoms with van der Waals surface area (Å²) < 4.78 is 0. The predicted molar refractivity (Wildman–Crippen MR) is 74.4 cm³/mol. The number of nitrogens with zero attached hydrogens (tertiary/aromatic N) is 2. The van der Waals surface area contributed by atoms with Crippen LogP contribution in [0.3, 0.4) is 0 Å². The molecule has 2 aromatic rings. The summed E-state index contributed by atoms with van der Waals surface area (Å²) in [6, 6.07) is 1.43. The van der Waals surface area contributed by atoms with Crippen LogP contribution < -0.4 is 5.43 Å². The zero-order chi connectivity index (χ0) is 14.0. The Balaban J connectivity index is 2.17. The molecular formula is C13H15N3O2S.